The summed E-state index contributed by atoms with van der Waals surface area (Å²) in [4.78, 5) is 14.8. The van der Waals surface area contributed by atoms with Gasteiger partial charge in [-0.15, -0.1) is 0 Å². The lowest BCUT2D eigenvalue weighted by Gasteiger charge is -2.33. The van der Waals surface area contributed by atoms with Gasteiger partial charge in [0.25, 0.3) is 0 Å². The van der Waals surface area contributed by atoms with Crippen LogP contribution in [0.25, 0.3) is 0 Å². The fraction of sp³-hybridized carbons (Fsp3) is 0.789. The van der Waals surface area contributed by atoms with Gasteiger partial charge in [0.05, 0.1) is 30.5 Å². The monoisotopic (exact) mass is 346 g/mol. The minimum atomic E-state index is 0.0160. The number of aryl methyl sites for hydroxylation is 1. The topological polar surface area (TPSA) is 59.4 Å². The van der Waals surface area contributed by atoms with Crippen LogP contribution >= 0.6 is 0 Å². The first kappa shape index (κ1) is 17.0. The zero-order chi connectivity index (χ0) is 17.1. The Morgan fingerprint density at radius 1 is 1.20 bits per heavy atom. The van der Waals surface area contributed by atoms with E-state index in [0.29, 0.717) is 19.8 Å². The number of fused-ring (bicyclic) bond motifs is 1. The standard InChI is InChI=1S/C19H30N4O2/c24-19(15-7-10-25-14-15)20-12-16-11-18-13-22(8-4-9-23(18)21-16)17-5-2-1-3-6-17/h11,15,17H,1-10,12-14H2,(H,20,24)/t15-/m1/s1. The summed E-state index contributed by atoms with van der Waals surface area (Å²) in [5, 5.41) is 7.76. The molecule has 6 heteroatoms. The molecule has 1 aromatic rings. The zero-order valence-electron chi connectivity index (χ0n) is 15.1. The Morgan fingerprint density at radius 3 is 2.88 bits per heavy atom. The summed E-state index contributed by atoms with van der Waals surface area (Å²) in [6, 6.07) is 2.94. The van der Waals surface area contributed by atoms with Crippen LogP contribution in [0.15, 0.2) is 6.07 Å². The molecule has 0 unspecified atom stereocenters. The first-order valence-electron chi connectivity index (χ1n) is 9.95. The number of rotatable bonds is 4. The smallest absolute Gasteiger partial charge is 0.225 e. The third-order valence-corrected chi connectivity index (χ3v) is 5.93. The third kappa shape index (κ3) is 4.06. The highest BCUT2D eigenvalue weighted by Gasteiger charge is 2.26. The first-order valence-corrected chi connectivity index (χ1v) is 9.95. The van der Waals surface area contributed by atoms with Crippen molar-refractivity contribution in [2.24, 2.45) is 5.92 Å². The minimum absolute atomic E-state index is 0.0160. The second-order valence-corrected chi connectivity index (χ2v) is 7.74. The summed E-state index contributed by atoms with van der Waals surface area (Å²) in [6.45, 7) is 4.96. The number of carbonyl (C=O) groups is 1. The molecule has 2 aliphatic heterocycles. The molecule has 0 aromatic carbocycles. The van der Waals surface area contributed by atoms with Gasteiger partial charge in [0.2, 0.25) is 5.91 Å². The van der Waals surface area contributed by atoms with Crippen molar-refractivity contribution in [3.8, 4) is 0 Å². The number of amides is 1. The molecule has 1 aliphatic carbocycles. The molecule has 1 atom stereocenters. The number of ether oxygens (including phenoxy) is 1. The number of nitrogens with zero attached hydrogens (tertiary/aromatic N) is 3. The molecule has 2 fully saturated rings. The van der Waals surface area contributed by atoms with Crippen LogP contribution in [-0.2, 0) is 29.2 Å². The molecule has 1 saturated carbocycles. The predicted octanol–water partition coefficient (Wildman–Crippen LogP) is 2.07. The maximum atomic E-state index is 12.1. The van der Waals surface area contributed by atoms with Crippen molar-refractivity contribution in [3.05, 3.63) is 17.5 Å². The molecule has 0 spiro atoms. The molecule has 0 radical (unpaired) electrons. The minimum Gasteiger partial charge on any atom is -0.381 e. The van der Waals surface area contributed by atoms with Crippen molar-refractivity contribution in [1.29, 1.82) is 0 Å². The summed E-state index contributed by atoms with van der Waals surface area (Å²) in [6.07, 6.45) is 8.85. The van der Waals surface area contributed by atoms with Gasteiger partial charge in [-0.25, -0.2) is 0 Å². The third-order valence-electron chi connectivity index (χ3n) is 5.93. The molecule has 138 valence electrons. The van der Waals surface area contributed by atoms with Crippen molar-refractivity contribution in [2.75, 3.05) is 19.8 Å². The fourth-order valence-electron chi connectivity index (χ4n) is 4.45. The second-order valence-electron chi connectivity index (χ2n) is 7.74. The van der Waals surface area contributed by atoms with E-state index in [4.69, 9.17) is 9.84 Å². The highest BCUT2D eigenvalue weighted by molar-refractivity contribution is 5.78. The molecular weight excluding hydrogens is 316 g/mol. The quantitative estimate of drug-likeness (QED) is 0.907. The van der Waals surface area contributed by atoms with Gasteiger partial charge in [0.1, 0.15) is 0 Å². The zero-order valence-corrected chi connectivity index (χ0v) is 15.1. The van der Waals surface area contributed by atoms with Gasteiger partial charge < -0.3 is 10.1 Å². The average molecular weight is 346 g/mol. The number of nitrogens with one attached hydrogen (secondary N) is 1. The Labute approximate surface area is 149 Å². The van der Waals surface area contributed by atoms with E-state index in [-0.39, 0.29) is 11.8 Å². The molecule has 4 rings (SSSR count). The average Bonchev–Trinajstić information content (AvgIpc) is 3.27. The van der Waals surface area contributed by atoms with Gasteiger partial charge in [-0.05, 0) is 31.7 Å². The molecule has 0 bridgehead atoms. The molecule has 1 aromatic heterocycles. The Morgan fingerprint density at radius 2 is 2.08 bits per heavy atom. The lowest BCUT2D eigenvalue weighted by molar-refractivity contribution is -0.125. The largest absolute Gasteiger partial charge is 0.381 e. The number of carbonyl (C=O) groups excluding carboxylic acids is 1. The Balaban J connectivity index is 1.36. The highest BCUT2D eigenvalue weighted by Crippen LogP contribution is 2.26. The Bertz CT molecular complexity index is 588. The van der Waals surface area contributed by atoms with E-state index in [9.17, 15) is 4.79 Å². The molecule has 1 amide bonds. The summed E-state index contributed by atoms with van der Waals surface area (Å²) in [5.74, 6) is 0.117. The molecule has 1 saturated heterocycles. The molecule has 25 heavy (non-hydrogen) atoms. The number of hydrogen-bond acceptors (Lipinski definition) is 4. The van der Waals surface area contributed by atoms with Gasteiger partial charge >= 0.3 is 0 Å². The van der Waals surface area contributed by atoms with Gasteiger partial charge in [0, 0.05) is 32.3 Å². The Kier molecular flexibility index (Phi) is 5.36. The molecule has 6 nitrogen and oxygen atoms in total. The van der Waals surface area contributed by atoms with E-state index in [1.165, 1.54) is 44.3 Å². The fourth-order valence-corrected chi connectivity index (χ4v) is 4.45. The van der Waals surface area contributed by atoms with Crippen molar-refractivity contribution in [2.45, 2.75) is 70.6 Å². The Hall–Kier alpha value is -1.40. The summed E-state index contributed by atoms with van der Waals surface area (Å²) in [5.41, 5.74) is 2.28. The lowest BCUT2D eigenvalue weighted by Crippen LogP contribution is -2.36. The van der Waals surface area contributed by atoms with Crippen molar-refractivity contribution in [1.82, 2.24) is 20.0 Å². The van der Waals surface area contributed by atoms with Crippen LogP contribution in [0.5, 0.6) is 0 Å². The van der Waals surface area contributed by atoms with Crippen LogP contribution < -0.4 is 5.32 Å². The van der Waals surface area contributed by atoms with Crippen molar-refractivity contribution in [3.63, 3.8) is 0 Å². The van der Waals surface area contributed by atoms with Crippen LogP contribution in [-0.4, -0.2) is 46.4 Å². The molecule has 1 N–H and O–H groups in total. The maximum absolute atomic E-state index is 12.1. The predicted molar refractivity (Wildman–Crippen MR) is 94.9 cm³/mol. The van der Waals surface area contributed by atoms with Crippen LogP contribution in [0.4, 0.5) is 0 Å². The van der Waals surface area contributed by atoms with Gasteiger partial charge in [-0.3, -0.25) is 14.4 Å². The first-order chi connectivity index (χ1) is 12.3. The van der Waals surface area contributed by atoms with E-state index in [0.717, 1.165) is 37.7 Å². The van der Waals surface area contributed by atoms with Crippen molar-refractivity contribution >= 4 is 5.91 Å². The number of hydrogen-bond donors (Lipinski definition) is 1. The molecule has 3 heterocycles. The van der Waals surface area contributed by atoms with Gasteiger partial charge in [-0.1, -0.05) is 19.3 Å². The highest BCUT2D eigenvalue weighted by atomic mass is 16.5. The molecule has 3 aliphatic rings. The van der Waals surface area contributed by atoms with Gasteiger partial charge in [0.15, 0.2) is 0 Å². The van der Waals surface area contributed by atoms with E-state index >= 15 is 0 Å². The van der Waals surface area contributed by atoms with Crippen molar-refractivity contribution < 1.29 is 9.53 Å². The lowest BCUT2D eigenvalue weighted by atomic mass is 9.94. The number of aromatic nitrogens is 2. The van der Waals surface area contributed by atoms with E-state index in [2.05, 4.69) is 21.0 Å². The van der Waals surface area contributed by atoms with E-state index < -0.39 is 0 Å². The maximum Gasteiger partial charge on any atom is 0.225 e. The van der Waals surface area contributed by atoms with Gasteiger partial charge in [-0.2, -0.15) is 5.10 Å². The summed E-state index contributed by atoms with van der Waals surface area (Å²) < 4.78 is 7.45. The van der Waals surface area contributed by atoms with Crippen LogP contribution in [0, 0.1) is 5.92 Å². The van der Waals surface area contributed by atoms with Crippen LogP contribution in [0.3, 0.4) is 0 Å². The second kappa shape index (κ2) is 7.87. The van der Waals surface area contributed by atoms with E-state index in [1.54, 1.807) is 0 Å². The SMILES string of the molecule is O=C(NCc1cc2n(n1)CCCN(C1CCCCC1)C2)[C@@H]1CCOC1. The van der Waals surface area contributed by atoms with Crippen LogP contribution in [0.2, 0.25) is 0 Å². The van der Waals surface area contributed by atoms with Crippen LogP contribution in [0.1, 0.15) is 56.3 Å². The summed E-state index contributed by atoms with van der Waals surface area (Å²) >= 11 is 0. The summed E-state index contributed by atoms with van der Waals surface area (Å²) in [7, 11) is 0. The normalized spacial score (nSPS) is 25.5. The van der Waals surface area contributed by atoms with E-state index in [1.807, 2.05) is 0 Å². The molecular formula is C19H30N4O2.